The Morgan fingerprint density at radius 1 is 1.16 bits per heavy atom. The number of rotatable bonds is 4. The first kappa shape index (κ1) is 14.0. The van der Waals surface area contributed by atoms with Gasteiger partial charge in [0, 0.05) is 32.7 Å². The van der Waals surface area contributed by atoms with E-state index >= 15 is 0 Å². The fourth-order valence-corrected chi connectivity index (χ4v) is 2.38. The van der Waals surface area contributed by atoms with Gasteiger partial charge in [-0.3, -0.25) is 9.69 Å². The van der Waals surface area contributed by atoms with Crippen molar-refractivity contribution in [3.63, 3.8) is 0 Å². The summed E-state index contributed by atoms with van der Waals surface area (Å²) in [6.07, 6.45) is 0.189. The maximum Gasteiger partial charge on any atom is 0.229 e. The van der Waals surface area contributed by atoms with Crippen molar-refractivity contribution in [3.05, 3.63) is 35.9 Å². The molecule has 0 atom stereocenters. The quantitative estimate of drug-likeness (QED) is 0.835. The lowest BCUT2D eigenvalue weighted by Crippen LogP contribution is -2.48. The Balaban J connectivity index is 1.79. The van der Waals surface area contributed by atoms with Crippen LogP contribution in [0.5, 0.6) is 0 Å². The van der Waals surface area contributed by atoms with Crippen LogP contribution in [-0.2, 0) is 11.3 Å². The molecule has 1 fully saturated rings. The number of carbonyl (C=O) groups excluding carboxylic acids is 1. The van der Waals surface area contributed by atoms with Crippen molar-refractivity contribution in [2.24, 2.45) is 5.73 Å². The van der Waals surface area contributed by atoms with Gasteiger partial charge < -0.3 is 10.6 Å². The Morgan fingerprint density at radius 3 is 2.37 bits per heavy atom. The van der Waals surface area contributed by atoms with E-state index in [0.717, 1.165) is 32.7 Å². The molecule has 19 heavy (non-hydrogen) atoms. The number of piperazine rings is 1. The Labute approximate surface area is 119 Å². The molecule has 0 radical (unpaired) electrons. The number of hydrogen-bond donors (Lipinski definition) is 1. The molecule has 2 rings (SSSR count). The Kier molecular flexibility index (Phi) is 4.87. The van der Waals surface area contributed by atoms with Crippen LogP contribution in [0.4, 0.5) is 0 Å². The largest absolute Gasteiger partial charge is 0.393 e. The molecule has 2 N–H and O–H groups in total. The zero-order valence-corrected chi connectivity index (χ0v) is 11.7. The van der Waals surface area contributed by atoms with Crippen molar-refractivity contribution in [3.8, 4) is 0 Å². The van der Waals surface area contributed by atoms with Gasteiger partial charge in [-0.25, -0.2) is 0 Å². The molecule has 5 heteroatoms. The maximum absolute atomic E-state index is 11.8. The third-order valence-corrected chi connectivity index (χ3v) is 3.44. The molecule has 0 bridgehead atoms. The summed E-state index contributed by atoms with van der Waals surface area (Å²) in [5, 5.41) is 0. The molecule has 1 aliphatic heterocycles. The average molecular weight is 277 g/mol. The van der Waals surface area contributed by atoms with Gasteiger partial charge in [-0.05, 0) is 5.56 Å². The number of nitrogens with zero attached hydrogens (tertiary/aromatic N) is 2. The highest BCUT2D eigenvalue weighted by molar-refractivity contribution is 7.80. The van der Waals surface area contributed by atoms with Crippen LogP contribution in [0.1, 0.15) is 12.0 Å². The molecule has 4 nitrogen and oxygen atoms in total. The molecule has 102 valence electrons. The van der Waals surface area contributed by atoms with Gasteiger partial charge in [0.15, 0.2) is 0 Å². The van der Waals surface area contributed by atoms with Gasteiger partial charge in [0.25, 0.3) is 0 Å². The summed E-state index contributed by atoms with van der Waals surface area (Å²) >= 11 is 4.77. The first-order valence-electron chi connectivity index (χ1n) is 6.47. The Bertz CT molecular complexity index is 441. The van der Waals surface area contributed by atoms with Crippen LogP contribution in [0.25, 0.3) is 0 Å². The van der Waals surface area contributed by atoms with Crippen molar-refractivity contribution in [1.29, 1.82) is 0 Å². The molecular formula is C14H19N3OS. The second kappa shape index (κ2) is 6.63. The van der Waals surface area contributed by atoms with Crippen molar-refractivity contribution in [2.45, 2.75) is 13.0 Å². The number of thiocarbonyl (C=S) groups is 1. The highest BCUT2D eigenvalue weighted by Crippen LogP contribution is 2.09. The van der Waals surface area contributed by atoms with Gasteiger partial charge in [0.2, 0.25) is 5.91 Å². The van der Waals surface area contributed by atoms with E-state index in [1.807, 2.05) is 11.0 Å². The van der Waals surface area contributed by atoms with Crippen LogP contribution in [0.3, 0.4) is 0 Å². The summed E-state index contributed by atoms with van der Waals surface area (Å²) in [6, 6.07) is 10.4. The van der Waals surface area contributed by atoms with Gasteiger partial charge in [-0.2, -0.15) is 0 Å². The van der Waals surface area contributed by atoms with Crippen molar-refractivity contribution in [1.82, 2.24) is 9.80 Å². The second-order valence-corrected chi connectivity index (χ2v) is 5.31. The molecule has 1 amide bonds. The van der Waals surface area contributed by atoms with Crippen LogP contribution in [0, 0.1) is 0 Å². The van der Waals surface area contributed by atoms with E-state index in [2.05, 4.69) is 29.2 Å². The monoisotopic (exact) mass is 277 g/mol. The van der Waals surface area contributed by atoms with Crippen LogP contribution in [0.15, 0.2) is 30.3 Å². The van der Waals surface area contributed by atoms with Gasteiger partial charge in [-0.1, -0.05) is 42.5 Å². The maximum atomic E-state index is 11.8. The molecule has 0 aromatic heterocycles. The summed E-state index contributed by atoms with van der Waals surface area (Å²) in [6.45, 7) is 4.26. The summed E-state index contributed by atoms with van der Waals surface area (Å²) in [4.78, 5) is 16.3. The molecule has 0 saturated carbocycles. The fourth-order valence-electron chi connectivity index (χ4n) is 2.26. The second-order valence-electron chi connectivity index (χ2n) is 4.79. The summed E-state index contributed by atoms with van der Waals surface area (Å²) in [7, 11) is 0. The molecule has 1 heterocycles. The van der Waals surface area contributed by atoms with Gasteiger partial charge in [0.05, 0.1) is 11.4 Å². The average Bonchev–Trinajstić information content (AvgIpc) is 2.40. The van der Waals surface area contributed by atoms with E-state index in [4.69, 9.17) is 18.0 Å². The van der Waals surface area contributed by atoms with E-state index in [1.165, 1.54) is 5.56 Å². The van der Waals surface area contributed by atoms with Crippen molar-refractivity contribution < 1.29 is 4.79 Å². The lowest BCUT2D eigenvalue weighted by Gasteiger charge is -2.34. The minimum Gasteiger partial charge on any atom is -0.393 e. The number of carbonyl (C=O) groups is 1. The lowest BCUT2D eigenvalue weighted by atomic mass is 10.2. The zero-order valence-electron chi connectivity index (χ0n) is 10.9. The molecule has 1 aliphatic rings. The number of amides is 1. The standard InChI is InChI=1S/C14H19N3OS/c15-13(19)10-14(18)17-8-6-16(7-9-17)11-12-4-2-1-3-5-12/h1-5H,6-11H2,(H2,15,19). The first-order valence-corrected chi connectivity index (χ1v) is 6.88. The topological polar surface area (TPSA) is 49.6 Å². The molecular weight excluding hydrogens is 258 g/mol. The lowest BCUT2D eigenvalue weighted by molar-refractivity contribution is -0.131. The number of benzene rings is 1. The van der Waals surface area contributed by atoms with Crippen LogP contribution in [0.2, 0.25) is 0 Å². The molecule has 0 spiro atoms. The summed E-state index contributed by atoms with van der Waals surface area (Å²) < 4.78 is 0. The van der Waals surface area contributed by atoms with Gasteiger partial charge in [-0.15, -0.1) is 0 Å². The van der Waals surface area contributed by atoms with Crippen LogP contribution in [-0.4, -0.2) is 46.9 Å². The minimum absolute atomic E-state index is 0.0480. The molecule has 0 unspecified atom stereocenters. The third-order valence-electron chi connectivity index (χ3n) is 3.30. The zero-order chi connectivity index (χ0) is 13.7. The Hall–Kier alpha value is -1.46. The molecule has 0 aliphatic carbocycles. The normalized spacial score (nSPS) is 16.3. The summed E-state index contributed by atoms with van der Waals surface area (Å²) in [5.41, 5.74) is 6.71. The minimum atomic E-state index is 0.0480. The smallest absolute Gasteiger partial charge is 0.229 e. The highest BCUT2D eigenvalue weighted by Gasteiger charge is 2.21. The predicted octanol–water partition coefficient (Wildman–Crippen LogP) is 1.01. The van der Waals surface area contributed by atoms with Crippen molar-refractivity contribution >= 4 is 23.1 Å². The molecule has 1 aromatic rings. The van der Waals surface area contributed by atoms with Crippen LogP contribution < -0.4 is 5.73 Å². The molecule has 1 aromatic carbocycles. The number of nitrogens with two attached hydrogens (primary N) is 1. The van der Waals surface area contributed by atoms with Gasteiger partial charge in [0.1, 0.15) is 0 Å². The predicted molar refractivity (Wildman–Crippen MR) is 79.7 cm³/mol. The number of hydrogen-bond acceptors (Lipinski definition) is 3. The highest BCUT2D eigenvalue weighted by atomic mass is 32.1. The van der Waals surface area contributed by atoms with E-state index in [0.29, 0.717) is 0 Å². The van der Waals surface area contributed by atoms with Crippen molar-refractivity contribution in [2.75, 3.05) is 26.2 Å². The van der Waals surface area contributed by atoms with Crippen LogP contribution >= 0.6 is 12.2 Å². The third kappa shape index (κ3) is 4.29. The summed E-state index contributed by atoms with van der Waals surface area (Å²) in [5.74, 6) is 0.0480. The van der Waals surface area contributed by atoms with E-state index in [-0.39, 0.29) is 17.3 Å². The SMILES string of the molecule is NC(=S)CC(=O)N1CCN(Cc2ccccc2)CC1. The van der Waals surface area contributed by atoms with E-state index in [1.54, 1.807) is 0 Å². The fraction of sp³-hybridized carbons (Fsp3) is 0.429. The van der Waals surface area contributed by atoms with E-state index < -0.39 is 0 Å². The molecule has 1 saturated heterocycles. The Morgan fingerprint density at radius 2 is 1.79 bits per heavy atom. The van der Waals surface area contributed by atoms with Gasteiger partial charge >= 0.3 is 0 Å². The van der Waals surface area contributed by atoms with E-state index in [9.17, 15) is 4.79 Å². The first-order chi connectivity index (χ1) is 9.15.